The summed E-state index contributed by atoms with van der Waals surface area (Å²) in [5, 5.41) is 2.78. The fourth-order valence-corrected chi connectivity index (χ4v) is 5.43. The molecule has 1 aromatic rings. The third-order valence-corrected chi connectivity index (χ3v) is 6.49. The van der Waals surface area contributed by atoms with Crippen molar-refractivity contribution in [1.29, 1.82) is 0 Å². The fourth-order valence-electron chi connectivity index (χ4n) is 3.81. The highest BCUT2D eigenvalue weighted by molar-refractivity contribution is 9.11. The highest BCUT2D eigenvalue weighted by atomic mass is 79.9. The highest BCUT2D eigenvalue weighted by Crippen LogP contribution is 2.39. The minimum absolute atomic E-state index is 0.248. The first-order valence-corrected chi connectivity index (χ1v) is 10.2. The van der Waals surface area contributed by atoms with E-state index in [1.165, 1.54) is 4.90 Å². The number of rotatable bonds is 3. The molecule has 0 bridgehead atoms. The SMILES string of the molecule is Cc1cc(Br)c(NC(=O)CN2C(=O)N(C)C3(CCCCC3)C2=O)c(Br)c1. The van der Waals surface area contributed by atoms with Gasteiger partial charge in [0, 0.05) is 16.0 Å². The molecule has 3 rings (SSSR count). The Bertz CT molecular complexity index is 752. The van der Waals surface area contributed by atoms with Gasteiger partial charge < -0.3 is 10.2 Å². The van der Waals surface area contributed by atoms with Crippen molar-refractivity contribution in [1.82, 2.24) is 9.80 Å². The van der Waals surface area contributed by atoms with Gasteiger partial charge in [-0.25, -0.2) is 4.79 Å². The van der Waals surface area contributed by atoms with Crippen molar-refractivity contribution in [2.75, 3.05) is 18.9 Å². The summed E-state index contributed by atoms with van der Waals surface area (Å²) >= 11 is 6.86. The van der Waals surface area contributed by atoms with Crippen molar-refractivity contribution in [3.63, 3.8) is 0 Å². The molecule has 1 heterocycles. The van der Waals surface area contributed by atoms with E-state index in [4.69, 9.17) is 0 Å². The van der Waals surface area contributed by atoms with Crippen molar-refractivity contribution in [2.45, 2.75) is 44.6 Å². The lowest BCUT2D eigenvalue weighted by Gasteiger charge is -2.35. The van der Waals surface area contributed by atoms with Crippen LogP contribution in [0.25, 0.3) is 0 Å². The van der Waals surface area contributed by atoms with Crippen LogP contribution in [-0.4, -0.2) is 46.8 Å². The second-order valence-corrected chi connectivity index (χ2v) is 8.69. The third-order valence-electron chi connectivity index (χ3n) is 5.24. The van der Waals surface area contributed by atoms with Gasteiger partial charge >= 0.3 is 6.03 Å². The molecule has 1 saturated carbocycles. The molecule has 140 valence electrons. The van der Waals surface area contributed by atoms with E-state index in [9.17, 15) is 14.4 Å². The number of benzene rings is 1. The number of likely N-dealkylation sites (N-methyl/N-ethyl adjacent to an activating group) is 1. The fraction of sp³-hybridized carbons (Fsp3) is 0.500. The van der Waals surface area contributed by atoms with Crippen LogP contribution in [0, 0.1) is 6.92 Å². The van der Waals surface area contributed by atoms with Crippen molar-refractivity contribution in [3.05, 3.63) is 26.6 Å². The smallest absolute Gasteiger partial charge is 0.323 e. The molecule has 1 saturated heterocycles. The van der Waals surface area contributed by atoms with E-state index in [2.05, 4.69) is 37.2 Å². The number of amides is 4. The number of aryl methyl sites for hydroxylation is 1. The molecular weight excluding hydrogens is 466 g/mol. The van der Waals surface area contributed by atoms with Gasteiger partial charge in [-0.05, 0) is 69.3 Å². The molecule has 6 nitrogen and oxygen atoms in total. The summed E-state index contributed by atoms with van der Waals surface area (Å²) in [5.41, 5.74) is 0.855. The summed E-state index contributed by atoms with van der Waals surface area (Å²) < 4.78 is 1.47. The number of nitrogens with zero attached hydrogens (tertiary/aromatic N) is 2. The molecule has 1 aliphatic carbocycles. The Balaban J connectivity index is 1.75. The van der Waals surface area contributed by atoms with Crippen LogP contribution in [0.5, 0.6) is 0 Å². The summed E-state index contributed by atoms with van der Waals surface area (Å²) in [4.78, 5) is 40.6. The molecule has 1 spiro atoms. The molecule has 0 radical (unpaired) electrons. The molecule has 1 aliphatic heterocycles. The van der Waals surface area contributed by atoms with Crippen LogP contribution >= 0.6 is 31.9 Å². The van der Waals surface area contributed by atoms with E-state index >= 15 is 0 Å². The Labute approximate surface area is 169 Å². The quantitative estimate of drug-likeness (QED) is 0.655. The lowest BCUT2D eigenvalue weighted by Crippen LogP contribution is -2.49. The van der Waals surface area contributed by atoms with Crippen LogP contribution < -0.4 is 5.32 Å². The van der Waals surface area contributed by atoms with Gasteiger partial charge in [0.25, 0.3) is 5.91 Å². The first-order chi connectivity index (χ1) is 12.3. The zero-order valence-corrected chi connectivity index (χ0v) is 17.9. The molecular formula is C18H21Br2N3O3. The van der Waals surface area contributed by atoms with Crippen LogP contribution in [0.2, 0.25) is 0 Å². The molecule has 8 heteroatoms. The predicted molar refractivity (Wildman–Crippen MR) is 106 cm³/mol. The van der Waals surface area contributed by atoms with Gasteiger partial charge in [0.2, 0.25) is 5.91 Å². The van der Waals surface area contributed by atoms with Crippen LogP contribution in [0.15, 0.2) is 21.1 Å². The lowest BCUT2D eigenvalue weighted by atomic mass is 9.81. The Morgan fingerprint density at radius 3 is 2.31 bits per heavy atom. The number of hydrogen-bond donors (Lipinski definition) is 1. The van der Waals surface area contributed by atoms with Crippen molar-refractivity contribution < 1.29 is 14.4 Å². The molecule has 1 aromatic carbocycles. The van der Waals surface area contributed by atoms with Crippen LogP contribution in [0.1, 0.15) is 37.7 Å². The van der Waals surface area contributed by atoms with Gasteiger partial charge in [-0.2, -0.15) is 0 Å². The van der Waals surface area contributed by atoms with E-state index in [-0.39, 0.29) is 12.5 Å². The maximum absolute atomic E-state index is 12.9. The summed E-state index contributed by atoms with van der Waals surface area (Å²) in [5.74, 6) is -0.653. The molecule has 2 fully saturated rings. The van der Waals surface area contributed by atoms with E-state index in [0.29, 0.717) is 18.5 Å². The van der Waals surface area contributed by atoms with Crippen LogP contribution in [0.3, 0.4) is 0 Å². The van der Waals surface area contributed by atoms with E-state index < -0.39 is 17.5 Å². The van der Waals surface area contributed by atoms with E-state index in [1.807, 2.05) is 19.1 Å². The largest absolute Gasteiger partial charge is 0.327 e. The molecule has 1 N–H and O–H groups in total. The van der Waals surface area contributed by atoms with Gasteiger partial charge in [0.15, 0.2) is 0 Å². The van der Waals surface area contributed by atoms with Gasteiger partial charge in [0.05, 0.1) is 5.69 Å². The Morgan fingerprint density at radius 1 is 1.15 bits per heavy atom. The average Bonchev–Trinajstić information content (AvgIpc) is 2.75. The maximum atomic E-state index is 12.9. The van der Waals surface area contributed by atoms with Crippen LogP contribution in [-0.2, 0) is 9.59 Å². The third kappa shape index (κ3) is 3.29. The number of carbonyl (C=O) groups is 3. The van der Waals surface area contributed by atoms with Gasteiger partial charge in [-0.15, -0.1) is 0 Å². The second-order valence-electron chi connectivity index (χ2n) is 6.98. The van der Waals surface area contributed by atoms with Crippen molar-refractivity contribution in [2.24, 2.45) is 0 Å². The van der Waals surface area contributed by atoms with E-state index in [0.717, 1.165) is 38.7 Å². The number of nitrogens with one attached hydrogen (secondary N) is 1. The van der Waals surface area contributed by atoms with Gasteiger partial charge in [0.1, 0.15) is 12.1 Å². The zero-order chi connectivity index (χ0) is 19.1. The second kappa shape index (κ2) is 7.31. The van der Waals surface area contributed by atoms with Crippen LogP contribution in [0.4, 0.5) is 10.5 Å². The van der Waals surface area contributed by atoms with Crippen molar-refractivity contribution in [3.8, 4) is 0 Å². The summed E-state index contributed by atoms with van der Waals surface area (Å²) in [6, 6.07) is 3.38. The number of carbonyl (C=O) groups excluding carboxylic acids is 3. The summed E-state index contributed by atoms with van der Waals surface area (Å²) in [6.45, 7) is 1.67. The average molecular weight is 487 g/mol. The monoisotopic (exact) mass is 485 g/mol. The number of urea groups is 1. The zero-order valence-electron chi connectivity index (χ0n) is 14.8. The van der Waals surface area contributed by atoms with E-state index in [1.54, 1.807) is 7.05 Å². The Morgan fingerprint density at radius 2 is 1.73 bits per heavy atom. The Kier molecular flexibility index (Phi) is 5.44. The number of halogens is 2. The molecule has 0 unspecified atom stereocenters. The predicted octanol–water partition coefficient (Wildman–Crippen LogP) is 4.06. The summed E-state index contributed by atoms with van der Waals surface area (Å²) in [6.07, 6.45) is 4.26. The summed E-state index contributed by atoms with van der Waals surface area (Å²) in [7, 11) is 1.66. The minimum atomic E-state index is -0.763. The first kappa shape index (κ1) is 19.4. The molecule has 2 aliphatic rings. The standard InChI is InChI=1S/C18H21Br2N3O3/c1-11-8-12(19)15(13(20)9-11)21-14(24)10-23-16(25)18(22(2)17(23)26)6-4-3-5-7-18/h8-9H,3-7,10H2,1-2H3,(H,21,24). The van der Waals surface area contributed by atoms with Gasteiger partial charge in [-0.3, -0.25) is 14.5 Å². The normalized spacial score (nSPS) is 19.4. The number of hydrogen-bond acceptors (Lipinski definition) is 3. The first-order valence-electron chi connectivity index (χ1n) is 8.61. The Hall–Kier alpha value is -1.41. The number of anilines is 1. The molecule has 0 aromatic heterocycles. The highest BCUT2D eigenvalue weighted by Gasteiger charge is 2.55. The lowest BCUT2D eigenvalue weighted by molar-refractivity contribution is -0.136. The molecule has 0 atom stereocenters. The van der Waals surface area contributed by atoms with Gasteiger partial charge in [-0.1, -0.05) is 19.3 Å². The topological polar surface area (TPSA) is 69.7 Å². The minimum Gasteiger partial charge on any atom is -0.323 e. The number of imide groups is 1. The maximum Gasteiger partial charge on any atom is 0.327 e. The molecule has 26 heavy (non-hydrogen) atoms. The molecule has 4 amide bonds. The van der Waals surface area contributed by atoms with Crippen molar-refractivity contribution >= 4 is 55.4 Å².